The average Bonchev–Trinajstić information content (AvgIpc) is 3.24. The number of hydrogen-bond acceptors (Lipinski definition) is 3. The van der Waals surface area contributed by atoms with E-state index in [4.69, 9.17) is 0 Å². The first-order chi connectivity index (χ1) is 18.4. The van der Waals surface area contributed by atoms with E-state index in [9.17, 15) is 19.1 Å². The number of anilines is 1. The van der Waals surface area contributed by atoms with Crippen molar-refractivity contribution in [3.63, 3.8) is 0 Å². The van der Waals surface area contributed by atoms with Crippen LogP contribution < -0.4 is 15.5 Å². The fourth-order valence-electron chi connectivity index (χ4n) is 5.88. The van der Waals surface area contributed by atoms with Crippen molar-refractivity contribution in [2.75, 3.05) is 18.0 Å². The molecule has 0 aliphatic carbocycles. The predicted molar refractivity (Wildman–Crippen MR) is 158 cm³/mol. The lowest BCUT2D eigenvalue weighted by Gasteiger charge is -2.25. The molecule has 206 valence electrons. The van der Waals surface area contributed by atoms with Gasteiger partial charge in [-0.15, -0.1) is 0 Å². The number of rotatable bonds is 9. The van der Waals surface area contributed by atoms with Gasteiger partial charge in [-0.2, -0.15) is 4.58 Å². The highest BCUT2D eigenvalue weighted by atomic mass is 31.2. The van der Waals surface area contributed by atoms with Crippen LogP contribution in [0, 0.1) is 0 Å². The molecule has 0 saturated carbocycles. The van der Waals surface area contributed by atoms with Gasteiger partial charge in [-0.25, -0.2) is 0 Å². The summed E-state index contributed by atoms with van der Waals surface area (Å²) >= 11 is 0. The maximum absolute atomic E-state index is 11.9. The van der Waals surface area contributed by atoms with E-state index >= 15 is 0 Å². The SMILES string of the molecule is CCN1/C(=C/C=C/C=C/C2=[N+](CC)c3ccc(P(=O)(O)O)cc3C2(C)C)C(C)(C)c2cc(CNC=O)ccc21. The molecule has 0 bridgehead atoms. The Morgan fingerprint density at radius 2 is 1.72 bits per heavy atom. The Morgan fingerprint density at radius 1 is 0.974 bits per heavy atom. The number of carbonyl (C=O) groups is 1. The second-order valence-corrected chi connectivity index (χ2v) is 12.6. The van der Waals surface area contributed by atoms with Gasteiger partial charge in [-0.1, -0.05) is 44.2 Å². The van der Waals surface area contributed by atoms with E-state index in [-0.39, 0.29) is 10.7 Å². The van der Waals surface area contributed by atoms with Crippen LogP contribution in [0.2, 0.25) is 0 Å². The molecular weight excluding hydrogens is 509 g/mol. The number of nitrogens with one attached hydrogen (secondary N) is 1. The van der Waals surface area contributed by atoms with E-state index in [0.717, 1.165) is 42.0 Å². The zero-order valence-corrected chi connectivity index (χ0v) is 24.5. The summed E-state index contributed by atoms with van der Waals surface area (Å²) in [6.07, 6.45) is 11.1. The Morgan fingerprint density at radius 3 is 2.36 bits per heavy atom. The molecule has 39 heavy (non-hydrogen) atoms. The summed E-state index contributed by atoms with van der Waals surface area (Å²) in [6.45, 7) is 15.0. The van der Waals surface area contributed by atoms with E-state index in [0.29, 0.717) is 6.54 Å². The summed E-state index contributed by atoms with van der Waals surface area (Å²) in [5, 5.41) is 2.80. The molecule has 3 N–H and O–H groups in total. The normalized spacial score (nSPS) is 18.9. The number of hydrogen-bond donors (Lipinski definition) is 3. The first-order valence-corrected chi connectivity index (χ1v) is 15.0. The minimum atomic E-state index is -4.33. The molecule has 2 aliphatic rings. The molecule has 2 aromatic rings. The number of nitrogens with zero attached hydrogens (tertiary/aromatic N) is 2. The van der Waals surface area contributed by atoms with Gasteiger partial charge in [0.2, 0.25) is 12.1 Å². The van der Waals surface area contributed by atoms with Crippen LogP contribution >= 0.6 is 7.60 Å². The van der Waals surface area contributed by atoms with Crippen molar-refractivity contribution in [3.05, 3.63) is 89.2 Å². The maximum Gasteiger partial charge on any atom is 0.356 e. The van der Waals surface area contributed by atoms with E-state index in [1.165, 1.54) is 23.0 Å². The largest absolute Gasteiger partial charge is 0.356 e. The van der Waals surface area contributed by atoms with Gasteiger partial charge in [0.1, 0.15) is 6.54 Å². The highest BCUT2D eigenvalue weighted by Crippen LogP contribution is 2.48. The fourth-order valence-corrected chi connectivity index (χ4v) is 6.44. The fraction of sp³-hybridized carbons (Fsp3) is 0.355. The smallest absolute Gasteiger partial charge is 0.355 e. The molecule has 0 spiro atoms. The van der Waals surface area contributed by atoms with Gasteiger partial charge in [-0.3, -0.25) is 9.36 Å². The monoisotopic (exact) mass is 548 g/mol. The summed E-state index contributed by atoms with van der Waals surface area (Å²) < 4.78 is 14.1. The van der Waals surface area contributed by atoms with Crippen molar-refractivity contribution >= 4 is 36.4 Å². The number of carbonyl (C=O) groups excluding carboxylic acids is 1. The molecule has 2 aliphatic heterocycles. The summed E-state index contributed by atoms with van der Waals surface area (Å²) in [4.78, 5) is 32.5. The molecule has 4 rings (SSSR count). The van der Waals surface area contributed by atoms with Gasteiger partial charge in [0.15, 0.2) is 5.71 Å². The molecule has 0 saturated heterocycles. The average molecular weight is 549 g/mol. The van der Waals surface area contributed by atoms with E-state index < -0.39 is 13.0 Å². The third kappa shape index (κ3) is 5.19. The Kier molecular flexibility index (Phi) is 7.91. The van der Waals surface area contributed by atoms with Crippen LogP contribution in [-0.4, -0.2) is 39.6 Å². The molecule has 8 heteroatoms. The summed E-state index contributed by atoms with van der Waals surface area (Å²) in [6, 6.07) is 11.4. The van der Waals surface area contributed by atoms with Crippen molar-refractivity contribution in [2.24, 2.45) is 0 Å². The third-order valence-electron chi connectivity index (χ3n) is 7.92. The molecule has 2 heterocycles. The van der Waals surface area contributed by atoms with Gasteiger partial charge >= 0.3 is 7.60 Å². The Bertz CT molecular complexity index is 1460. The number of allylic oxidation sites excluding steroid dienone is 6. The highest BCUT2D eigenvalue weighted by molar-refractivity contribution is 7.60. The van der Waals surface area contributed by atoms with Gasteiger partial charge in [0.05, 0.1) is 10.7 Å². The topological polar surface area (TPSA) is 92.9 Å². The van der Waals surface area contributed by atoms with Gasteiger partial charge in [0.25, 0.3) is 0 Å². The van der Waals surface area contributed by atoms with E-state index in [1.54, 1.807) is 6.07 Å². The van der Waals surface area contributed by atoms with Crippen molar-refractivity contribution in [1.29, 1.82) is 0 Å². The van der Waals surface area contributed by atoms with Crippen LogP contribution in [0.5, 0.6) is 0 Å². The number of likely N-dealkylation sites (N-methyl/N-ethyl adjacent to an activating group) is 1. The van der Waals surface area contributed by atoms with Gasteiger partial charge in [-0.05, 0) is 63.1 Å². The molecule has 0 unspecified atom stereocenters. The number of amides is 1. The Labute approximate surface area is 231 Å². The van der Waals surface area contributed by atoms with Crippen LogP contribution in [0.3, 0.4) is 0 Å². The second-order valence-electron chi connectivity index (χ2n) is 11.0. The second kappa shape index (κ2) is 10.7. The van der Waals surface area contributed by atoms with Gasteiger partial charge < -0.3 is 20.0 Å². The van der Waals surface area contributed by atoms with E-state index in [2.05, 4.69) is 92.8 Å². The quantitative estimate of drug-likeness (QED) is 0.179. The lowest BCUT2D eigenvalue weighted by molar-refractivity contribution is -0.433. The molecule has 0 atom stereocenters. The minimum absolute atomic E-state index is 0.0508. The lowest BCUT2D eigenvalue weighted by Crippen LogP contribution is -2.28. The molecular formula is C31H39N3O4P+. The Balaban J connectivity index is 1.60. The summed E-state index contributed by atoms with van der Waals surface area (Å²) in [7, 11) is -4.33. The van der Waals surface area contributed by atoms with Crippen molar-refractivity contribution in [1.82, 2.24) is 5.32 Å². The first kappa shape index (κ1) is 28.8. The standard InChI is InChI=1S/C31H38N3O4P/c1-7-33-26-16-14-22(20-32-21-35)18-24(26)30(3,4)28(33)12-10-9-11-13-29-31(5,6)25-19-23(39(36,37)38)15-17-27(25)34(29)8-2/h9-19,21H,7-8,20H2,1-6H3,(H2-,32,35,36,37,38)/p+1. The van der Waals surface area contributed by atoms with E-state index in [1.807, 2.05) is 18.2 Å². The summed E-state index contributed by atoms with van der Waals surface area (Å²) in [5.74, 6) is 0. The predicted octanol–water partition coefficient (Wildman–Crippen LogP) is 4.95. The molecule has 1 amide bonds. The molecule has 0 aromatic heterocycles. The molecule has 0 radical (unpaired) electrons. The minimum Gasteiger partial charge on any atom is -0.355 e. The zero-order chi connectivity index (χ0) is 28.6. The molecule has 0 fully saturated rings. The summed E-state index contributed by atoms with van der Waals surface area (Å²) in [5.41, 5.74) is 7.14. The maximum atomic E-state index is 11.9. The number of fused-ring (bicyclic) bond motifs is 2. The van der Waals surface area contributed by atoms with Gasteiger partial charge in [0, 0.05) is 47.6 Å². The van der Waals surface area contributed by atoms with Crippen LogP contribution in [0.1, 0.15) is 58.2 Å². The lowest BCUT2D eigenvalue weighted by atomic mass is 9.81. The van der Waals surface area contributed by atoms with Crippen LogP contribution in [0.25, 0.3) is 0 Å². The first-order valence-electron chi connectivity index (χ1n) is 13.4. The zero-order valence-electron chi connectivity index (χ0n) is 23.6. The van der Waals surface area contributed by atoms with Crippen LogP contribution in [0.4, 0.5) is 11.4 Å². The highest BCUT2D eigenvalue weighted by Gasteiger charge is 2.44. The molecule has 2 aromatic carbocycles. The van der Waals surface area contributed by atoms with Crippen LogP contribution in [0.15, 0.2) is 72.5 Å². The van der Waals surface area contributed by atoms with Crippen LogP contribution in [-0.2, 0) is 26.7 Å². The van der Waals surface area contributed by atoms with Crippen molar-refractivity contribution in [3.8, 4) is 0 Å². The third-order valence-corrected chi connectivity index (χ3v) is 8.87. The number of benzene rings is 2. The van der Waals surface area contributed by atoms with Crippen molar-refractivity contribution in [2.45, 2.75) is 58.9 Å². The Hall–Kier alpha value is -3.25. The molecule has 7 nitrogen and oxygen atoms in total. The van der Waals surface area contributed by atoms with Crippen molar-refractivity contribution < 1.29 is 23.7 Å².